The highest BCUT2D eigenvalue weighted by atomic mass is 35.5. The molecule has 7 nitrogen and oxygen atoms in total. The van der Waals surface area contributed by atoms with Gasteiger partial charge in [0, 0.05) is 33.4 Å². The van der Waals surface area contributed by atoms with Gasteiger partial charge in [-0.05, 0) is 61.8 Å². The predicted octanol–water partition coefficient (Wildman–Crippen LogP) is 3.46. The smallest absolute Gasteiger partial charge is 0.210 e. The molecule has 2 aromatic rings. The van der Waals surface area contributed by atoms with Gasteiger partial charge >= 0.3 is 0 Å². The fourth-order valence-corrected chi connectivity index (χ4v) is 4.47. The van der Waals surface area contributed by atoms with E-state index in [9.17, 15) is 0 Å². The summed E-state index contributed by atoms with van der Waals surface area (Å²) in [6.07, 6.45) is 3.78. The number of aliphatic imine (C=N–C) groups is 1. The van der Waals surface area contributed by atoms with Crippen molar-refractivity contribution in [3.63, 3.8) is 0 Å². The quantitative estimate of drug-likeness (QED) is 0.511. The number of piperidine rings is 1. The lowest BCUT2D eigenvalue weighted by molar-refractivity contribution is 0.349. The van der Waals surface area contributed by atoms with E-state index in [4.69, 9.17) is 38.4 Å². The van der Waals surface area contributed by atoms with Crippen LogP contribution in [0.5, 0.6) is 11.5 Å². The number of ether oxygens (including phenoxy) is 2. The zero-order chi connectivity index (χ0) is 22.7. The van der Waals surface area contributed by atoms with Gasteiger partial charge in [-0.25, -0.2) is 4.99 Å². The summed E-state index contributed by atoms with van der Waals surface area (Å²) in [5, 5.41) is 11.4. The zero-order valence-electron chi connectivity index (χ0n) is 18.0. The van der Waals surface area contributed by atoms with E-state index < -0.39 is 5.79 Å². The van der Waals surface area contributed by atoms with E-state index in [1.54, 1.807) is 38.6 Å². The van der Waals surface area contributed by atoms with Gasteiger partial charge in [0.15, 0.2) is 11.5 Å². The van der Waals surface area contributed by atoms with E-state index in [1.807, 2.05) is 18.2 Å². The van der Waals surface area contributed by atoms with Crippen LogP contribution in [0.3, 0.4) is 0 Å². The second-order valence-corrected chi connectivity index (χ2v) is 8.71. The normalized spacial score (nSPS) is 21.3. The third-order valence-electron chi connectivity index (χ3n) is 5.67. The average Bonchev–Trinajstić information content (AvgIpc) is 2.79. The average molecular weight is 476 g/mol. The summed E-state index contributed by atoms with van der Waals surface area (Å²) in [6, 6.07) is 11.3. The Balaban J connectivity index is 1.74. The van der Waals surface area contributed by atoms with E-state index in [0.29, 0.717) is 33.1 Å². The van der Waals surface area contributed by atoms with Crippen molar-refractivity contribution in [2.45, 2.75) is 24.7 Å². The Labute approximate surface area is 198 Å². The molecule has 0 aromatic heterocycles. The monoisotopic (exact) mass is 475 g/mol. The van der Waals surface area contributed by atoms with E-state index >= 15 is 0 Å². The van der Waals surface area contributed by atoms with Gasteiger partial charge in [-0.2, -0.15) is 0 Å². The predicted molar refractivity (Wildman–Crippen MR) is 129 cm³/mol. The molecule has 1 atom stereocenters. The number of nitrogens with one attached hydrogen (secondary N) is 3. The highest BCUT2D eigenvalue weighted by molar-refractivity contribution is 6.34. The SMILES string of the molecule is COc1ccc(C2=C(NC3CCNCC3)NC(N)(c3cc(Cl)cc(Cl)c3)N=C2)cc1OC. The Bertz CT molecular complexity index is 1030. The number of halogens is 2. The van der Waals surface area contributed by atoms with Crippen LogP contribution in [0, 0.1) is 0 Å². The fraction of sp³-hybridized carbons (Fsp3) is 0.348. The largest absolute Gasteiger partial charge is 0.493 e. The summed E-state index contributed by atoms with van der Waals surface area (Å²) in [4.78, 5) is 4.66. The molecule has 0 spiro atoms. The topological polar surface area (TPSA) is 92.9 Å². The van der Waals surface area contributed by atoms with E-state index in [-0.39, 0.29) is 0 Å². The minimum Gasteiger partial charge on any atom is -0.493 e. The number of nitrogens with zero attached hydrogens (tertiary/aromatic N) is 1. The van der Waals surface area contributed by atoms with Crippen molar-refractivity contribution in [1.82, 2.24) is 16.0 Å². The van der Waals surface area contributed by atoms with Crippen LogP contribution >= 0.6 is 23.2 Å². The van der Waals surface area contributed by atoms with Gasteiger partial charge < -0.3 is 25.4 Å². The molecule has 2 aliphatic rings. The van der Waals surface area contributed by atoms with Gasteiger partial charge in [-0.3, -0.25) is 5.73 Å². The molecule has 2 heterocycles. The molecule has 4 rings (SSSR count). The highest BCUT2D eigenvalue weighted by Crippen LogP contribution is 2.34. The van der Waals surface area contributed by atoms with Gasteiger partial charge in [0.2, 0.25) is 5.79 Å². The first kappa shape index (κ1) is 22.7. The van der Waals surface area contributed by atoms with Crippen molar-refractivity contribution in [3.8, 4) is 11.5 Å². The lowest BCUT2D eigenvalue weighted by atomic mass is 10.0. The third-order valence-corrected chi connectivity index (χ3v) is 6.10. The molecule has 2 aliphatic heterocycles. The van der Waals surface area contributed by atoms with Gasteiger partial charge in [0.1, 0.15) is 5.82 Å². The summed E-state index contributed by atoms with van der Waals surface area (Å²) in [6.45, 7) is 1.92. The molecule has 2 aromatic carbocycles. The summed E-state index contributed by atoms with van der Waals surface area (Å²) >= 11 is 12.5. The Morgan fingerprint density at radius 1 is 1.03 bits per heavy atom. The van der Waals surface area contributed by atoms with Crippen LogP contribution in [-0.2, 0) is 5.79 Å². The van der Waals surface area contributed by atoms with Gasteiger partial charge in [0.25, 0.3) is 0 Å². The minimum atomic E-state index is -1.22. The molecule has 0 amide bonds. The van der Waals surface area contributed by atoms with E-state index in [0.717, 1.165) is 42.9 Å². The van der Waals surface area contributed by atoms with E-state index in [1.165, 1.54) is 0 Å². The number of methoxy groups -OCH3 is 2. The van der Waals surface area contributed by atoms with E-state index in [2.05, 4.69) is 20.9 Å². The first-order valence-electron chi connectivity index (χ1n) is 10.4. The van der Waals surface area contributed by atoms with Crippen LogP contribution in [0.25, 0.3) is 5.57 Å². The molecule has 32 heavy (non-hydrogen) atoms. The number of hydrogen-bond donors (Lipinski definition) is 4. The maximum absolute atomic E-state index is 6.70. The first-order valence-corrected chi connectivity index (χ1v) is 11.2. The second kappa shape index (κ2) is 9.58. The summed E-state index contributed by atoms with van der Waals surface area (Å²) in [5.74, 6) is 0.868. The Kier molecular flexibility index (Phi) is 6.81. The molecule has 0 saturated carbocycles. The number of benzene rings is 2. The number of rotatable bonds is 6. The molecule has 1 fully saturated rings. The van der Waals surface area contributed by atoms with Crippen LogP contribution < -0.4 is 31.2 Å². The molecule has 1 saturated heterocycles. The molecule has 5 N–H and O–H groups in total. The van der Waals surface area contributed by atoms with Crippen molar-refractivity contribution in [2.75, 3.05) is 27.3 Å². The minimum absolute atomic E-state index is 0.299. The first-order chi connectivity index (χ1) is 15.4. The molecule has 9 heteroatoms. The van der Waals surface area contributed by atoms with Gasteiger partial charge in [-0.1, -0.05) is 29.3 Å². The lowest BCUT2D eigenvalue weighted by Gasteiger charge is -2.36. The van der Waals surface area contributed by atoms with Crippen molar-refractivity contribution in [3.05, 3.63) is 63.4 Å². The Morgan fingerprint density at radius 3 is 2.38 bits per heavy atom. The van der Waals surface area contributed by atoms with Crippen LogP contribution in [0.4, 0.5) is 0 Å². The number of hydrogen-bond acceptors (Lipinski definition) is 7. The van der Waals surface area contributed by atoms with Crippen LogP contribution in [0.1, 0.15) is 24.0 Å². The summed E-state index contributed by atoms with van der Waals surface area (Å²) in [5.41, 5.74) is 9.16. The molecular weight excluding hydrogens is 449 g/mol. The summed E-state index contributed by atoms with van der Waals surface area (Å²) < 4.78 is 10.9. The molecule has 1 unspecified atom stereocenters. The third kappa shape index (κ3) is 4.81. The Morgan fingerprint density at radius 2 is 1.72 bits per heavy atom. The maximum Gasteiger partial charge on any atom is 0.210 e. The fourth-order valence-electron chi connectivity index (χ4n) is 3.95. The van der Waals surface area contributed by atoms with Crippen LogP contribution in [0.15, 0.2) is 47.2 Å². The Hall–Kier alpha value is -2.45. The van der Waals surface area contributed by atoms with Crippen molar-refractivity contribution in [1.29, 1.82) is 0 Å². The highest BCUT2D eigenvalue weighted by Gasteiger charge is 2.33. The summed E-state index contributed by atoms with van der Waals surface area (Å²) in [7, 11) is 3.23. The second-order valence-electron chi connectivity index (χ2n) is 7.83. The zero-order valence-corrected chi connectivity index (χ0v) is 19.6. The molecule has 0 aliphatic carbocycles. The van der Waals surface area contributed by atoms with Crippen molar-refractivity contribution >= 4 is 35.0 Å². The van der Waals surface area contributed by atoms with Crippen molar-refractivity contribution < 1.29 is 9.47 Å². The van der Waals surface area contributed by atoms with Gasteiger partial charge in [-0.15, -0.1) is 0 Å². The van der Waals surface area contributed by atoms with Crippen molar-refractivity contribution in [2.24, 2.45) is 10.7 Å². The van der Waals surface area contributed by atoms with Crippen LogP contribution in [0.2, 0.25) is 10.0 Å². The van der Waals surface area contributed by atoms with Crippen LogP contribution in [-0.4, -0.2) is 39.6 Å². The maximum atomic E-state index is 6.70. The molecule has 0 radical (unpaired) electrons. The molecular formula is C23H27Cl2N5O2. The number of allylic oxidation sites excluding steroid dienone is 1. The number of nitrogens with two attached hydrogens (primary N) is 1. The lowest BCUT2D eigenvalue weighted by Crippen LogP contribution is -2.54. The van der Waals surface area contributed by atoms with Gasteiger partial charge in [0.05, 0.1) is 14.2 Å². The standard InChI is InChI=1S/C23H27Cl2N5O2/c1-31-20-4-3-14(9-21(20)32-2)19-13-28-23(26,15-10-16(24)12-17(25)11-15)30-22(19)29-18-5-7-27-8-6-18/h3-4,9-13,18,27,29-30H,5-8,26H2,1-2H3. The molecule has 170 valence electrons. The molecule has 0 bridgehead atoms.